The first kappa shape index (κ1) is 26.1. The number of amides is 1. The smallest absolute Gasteiger partial charge is 0.378 e. The molecule has 0 aliphatic carbocycles. The van der Waals surface area contributed by atoms with Crippen LogP contribution in [0.15, 0.2) is 34.0 Å². The summed E-state index contributed by atoms with van der Waals surface area (Å²) in [7, 11) is 0. The van der Waals surface area contributed by atoms with Crippen molar-refractivity contribution < 1.29 is 22.6 Å². The van der Waals surface area contributed by atoms with E-state index in [9.17, 15) is 18.0 Å². The van der Waals surface area contributed by atoms with Crippen molar-refractivity contribution in [2.75, 3.05) is 12.3 Å². The van der Waals surface area contributed by atoms with Crippen molar-refractivity contribution in [3.05, 3.63) is 46.8 Å². The SMILES string of the molecule is CC1CCCCN1Cc1c(C(=O)N/N=C\c2ccc(C(F)(F)F)cc2)nnn1-c1nonc1N.Cl. The lowest BCUT2D eigenvalue weighted by molar-refractivity contribution is -0.137. The monoisotopic (exact) mass is 513 g/mol. The number of benzene rings is 1. The molecule has 3 aromatic rings. The van der Waals surface area contributed by atoms with Gasteiger partial charge < -0.3 is 5.73 Å². The quantitative estimate of drug-likeness (QED) is 0.379. The van der Waals surface area contributed by atoms with Crippen molar-refractivity contribution in [3.63, 3.8) is 0 Å². The van der Waals surface area contributed by atoms with Crippen LogP contribution in [0.3, 0.4) is 0 Å². The third-order valence-corrected chi connectivity index (χ3v) is 5.59. The molecule has 35 heavy (non-hydrogen) atoms. The Morgan fingerprint density at radius 2 is 2.03 bits per heavy atom. The Bertz CT molecular complexity index is 1180. The second-order valence-electron chi connectivity index (χ2n) is 7.90. The number of nitrogen functional groups attached to an aromatic ring is 1. The zero-order valence-corrected chi connectivity index (χ0v) is 19.4. The number of hydrazone groups is 1. The summed E-state index contributed by atoms with van der Waals surface area (Å²) in [6, 6.07) is 4.65. The Kier molecular flexibility index (Phi) is 8.07. The van der Waals surface area contributed by atoms with Crippen molar-refractivity contribution in [3.8, 4) is 5.82 Å². The molecule has 15 heteroatoms. The van der Waals surface area contributed by atoms with Gasteiger partial charge in [-0.15, -0.1) is 17.5 Å². The Balaban J connectivity index is 0.00000342. The van der Waals surface area contributed by atoms with Gasteiger partial charge in [-0.05, 0) is 54.3 Å². The third kappa shape index (κ3) is 5.95. The fourth-order valence-electron chi connectivity index (χ4n) is 3.69. The lowest BCUT2D eigenvalue weighted by atomic mass is 10.0. The second-order valence-corrected chi connectivity index (χ2v) is 7.90. The first-order valence-corrected chi connectivity index (χ1v) is 10.5. The number of likely N-dealkylation sites (tertiary alicyclic amines) is 1. The molecule has 1 aliphatic heterocycles. The number of halogens is 4. The summed E-state index contributed by atoms with van der Waals surface area (Å²) in [5, 5.41) is 19.1. The summed E-state index contributed by atoms with van der Waals surface area (Å²) in [5.74, 6) is -0.548. The summed E-state index contributed by atoms with van der Waals surface area (Å²) in [4.78, 5) is 15.0. The van der Waals surface area contributed by atoms with Gasteiger partial charge >= 0.3 is 6.18 Å². The van der Waals surface area contributed by atoms with E-state index < -0.39 is 17.6 Å². The Morgan fingerprint density at radius 3 is 2.66 bits per heavy atom. The van der Waals surface area contributed by atoms with E-state index in [4.69, 9.17) is 5.73 Å². The lowest BCUT2D eigenvalue weighted by Gasteiger charge is -2.33. The maximum absolute atomic E-state index is 12.8. The largest absolute Gasteiger partial charge is 0.416 e. The number of rotatable bonds is 6. The Labute approximate surface area is 203 Å². The summed E-state index contributed by atoms with van der Waals surface area (Å²) in [6.45, 7) is 3.30. The average Bonchev–Trinajstić information content (AvgIpc) is 3.40. The molecule has 1 atom stereocenters. The van der Waals surface area contributed by atoms with Crippen molar-refractivity contribution >= 4 is 30.3 Å². The average molecular weight is 514 g/mol. The van der Waals surface area contributed by atoms with Gasteiger partial charge in [0.1, 0.15) is 0 Å². The van der Waals surface area contributed by atoms with Crippen LogP contribution in [0.4, 0.5) is 19.0 Å². The van der Waals surface area contributed by atoms with Gasteiger partial charge in [-0.25, -0.2) is 10.1 Å². The van der Waals surface area contributed by atoms with E-state index >= 15 is 0 Å². The van der Waals surface area contributed by atoms with Crippen LogP contribution in [-0.2, 0) is 12.7 Å². The van der Waals surface area contributed by atoms with E-state index in [0.29, 0.717) is 23.8 Å². The normalized spacial score (nSPS) is 16.9. The number of nitrogens with two attached hydrogens (primary N) is 1. The van der Waals surface area contributed by atoms with Gasteiger partial charge in [0, 0.05) is 12.6 Å². The maximum atomic E-state index is 12.8. The number of aromatic nitrogens is 5. The minimum absolute atomic E-state index is 0. The van der Waals surface area contributed by atoms with Crippen LogP contribution < -0.4 is 11.2 Å². The number of nitrogens with zero attached hydrogens (tertiary/aromatic N) is 7. The maximum Gasteiger partial charge on any atom is 0.416 e. The molecule has 188 valence electrons. The van der Waals surface area contributed by atoms with Gasteiger partial charge in [0.05, 0.1) is 17.5 Å². The fourth-order valence-corrected chi connectivity index (χ4v) is 3.69. The highest BCUT2D eigenvalue weighted by atomic mass is 35.5. The van der Waals surface area contributed by atoms with Gasteiger partial charge in [0.2, 0.25) is 11.6 Å². The minimum Gasteiger partial charge on any atom is -0.378 e. The minimum atomic E-state index is -4.43. The van der Waals surface area contributed by atoms with Crippen LogP contribution in [-0.4, -0.2) is 54.9 Å². The molecule has 1 saturated heterocycles. The highest BCUT2D eigenvalue weighted by Gasteiger charge is 2.30. The number of alkyl halides is 3. The molecule has 0 saturated carbocycles. The molecule has 0 spiro atoms. The molecule has 4 rings (SSSR count). The summed E-state index contributed by atoms with van der Waals surface area (Å²) >= 11 is 0. The Hall–Kier alpha value is -3.52. The topological polar surface area (TPSA) is 140 Å². The molecule has 1 amide bonds. The first-order chi connectivity index (χ1) is 16.2. The molecule has 3 heterocycles. The molecule has 3 N–H and O–H groups in total. The van der Waals surface area contributed by atoms with Gasteiger partial charge in [0.25, 0.3) is 5.91 Å². The van der Waals surface area contributed by atoms with Gasteiger partial charge in [-0.1, -0.05) is 23.8 Å². The number of hydrogen-bond acceptors (Lipinski definition) is 9. The zero-order chi connectivity index (χ0) is 24.3. The standard InChI is InChI=1S/C20H22F3N9O2.ClH/c1-12-4-2-3-9-31(12)11-15-16(26-30-32(15)18-17(24)28-34-29-18)19(33)27-25-10-13-5-7-14(8-6-13)20(21,22)23;/h5-8,10,12H,2-4,9,11H2,1H3,(H2,24,28)(H,27,33);1H/b25-10-;. The predicted molar refractivity (Wildman–Crippen MR) is 121 cm³/mol. The van der Waals surface area contributed by atoms with Crippen molar-refractivity contribution in [2.24, 2.45) is 5.10 Å². The molecule has 1 unspecified atom stereocenters. The second kappa shape index (κ2) is 10.8. The van der Waals surface area contributed by atoms with Crippen LogP contribution >= 0.6 is 12.4 Å². The molecular weight excluding hydrogens is 491 g/mol. The van der Waals surface area contributed by atoms with E-state index in [2.05, 4.69) is 47.6 Å². The summed E-state index contributed by atoms with van der Waals surface area (Å²) < 4.78 is 44.0. The number of hydrogen-bond donors (Lipinski definition) is 2. The molecule has 1 aromatic carbocycles. The molecule has 0 bridgehead atoms. The summed E-state index contributed by atoms with van der Waals surface area (Å²) in [5.41, 5.74) is 8.18. The molecule has 2 aromatic heterocycles. The van der Waals surface area contributed by atoms with Crippen LogP contribution in [0.25, 0.3) is 5.82 Å². The van der Waals surface area contributed by atoms with E-state index in [1.165, 1.54) is 23.0 Å². The van der Waals surface area contributed by atoms with Gasteiger partial charge in [-0.2, -0.15) is 23.0 Å². The van der Waals surface area contributed by atoms with Gasteiger partial charge in [0.15, 0.2) is 5.69 Å². The fraction of sp³-hybridized carbons (Fsp3) is 0.400. The highest BCUT2D eigenvalue weighted by Crippen LogP contribution is 2.29. The molecule has 0 radical (unpaired) electrons. The number of nitrogens with one attached hydrogen (secondary N) is 1. The third-order valence-electron chi connectivity index (χ3n) is 5.59. The lowest BCUT2D eigenvalue weighted by Crippen LogP contribution is -2.38. The van der Waals surface area contributed by atoms with E-state index in [1.54, 1.807) is 0 Å². The van der Waals surface area contributed by atoms with Crippen LogP contribution in [0.1, 0.15) is 53.5 Å². The number of carbonyl (C=O) groups is 1. The van der Waals surface area contributed by atoms with E-state index in [1.807, 2.05) is 0 Å². The number of piperidine rings is 1. The zero-order valence-electron chi connectivity index (χ0n) is 18.6. The van der Waals surface area contributed by atoms with E-state index in [-0.39, 0.29) is 29.7 Å². The Morgan fingerprint density at radius 1 is 1.29 bits per heavy atom. The number of carbonyl (C=O) groups excluding carboxylic acids is 1. The van der Waals surface area contributed by atoms with Gasteiger partial charge in [-0.3, -0.25) is 9.69 Å². The first-order valence-electron chi connectivity index (χ1n) is 10.5. The van der Waals surface area contributed by atoms with Crippen molar-refractivity contribution in [1.29, 1.82) is 0 Å². The van der Waals surface area contributed by atoms with Crippen molar-refractivity contribution in [1.82, 2.24) is 35.6 Å². The van der Waals surface area contributed by atoms with Crippen LogP contribution in [0.5, 0.6) is 0 Å². The molecule has 1 fully saturated rings. The van der Waals surface area contributed by atoms with Crippen LogP contribution in [0.2, 0.25) is 0 Å². The van der Waals surface area contributed by atoms with Crippen molar-refractivity contribution in [2.45, 2.75) is 44.9 Å². The highest BCUT2D eigenvalue weighted by molar-refractivity contribution is 5.94. The molecule has 1 aliphatic rings. The molecular formula is C20H23ClF3N9O2. The van der Waals surface area contributed by atoms with E-state index in [0.717, 1.165) is 37.9 Å². The molecule has 11 nitrogen and oxygen atoms in total. The summed E-state index contributed by atoms with van der Waals surface area (Å²) in [6.07, 6.45) is -0.0247. The van der Waals surface area contributed by atoms with Crippen LogP contribution in [0, 0.1) is 0 Å². The predicted octanol–water partition coefficient (Wildman–Crippen LogP) is 2.81. The number of anilines is 1.